The van der Waals surface area contributed by atoms with Gasteiger partial charge in [0.15, 0.2) is 5.69 Å². The Hall–Kier alpha value is -1.69. The number of halogens is 5. The molecule has 27 heavy (non-hydrogen) atoms. The Labute approximate surface area is 169 Å². The van der Waals surface area contributed by atoms with E-state index < -0.39 is 21.9 Å². The highest BCUT2D eigenvalue weighted by molar-refractivity contribution is 9.11. The van der Waals surface area contributed by atoms with Gasteiger partial charge in [0.1, 0.15) is 4.90 Å². The number of alkyl halides is 3. The minimum atomic E-state index is -4.71. The summed E-state index contributed by atoms with van der Waals surface area (Å²) in [7, 11) is -4.19. The highest BCUT2D eigenvalue weighted by Crippen LogP contribution is 2.37. The zero-order valence-corrected chi connectivity index (χ0v) is 17.2. The summed E-state index contributed by atoms with van der Waals surface area (Å²) in [4.78, 5) is -0.339. The molecule has 0 saturated carbocycles. The van der Waals surface area contributed by atoms with Crippen molar-refractivity contribution in [1.82, 2.24) is 9.78 Å². The van der Waals surface area contributed by atoms with Crippen molar-refractivity contribution in [3.8, 4) is 16.9 Å². The lowest BCUT2D eigenvalue weighted by Gasteiger charge is -2.12. The molecule has 0 fully saturated rings. The van der Waals surface area contributed by atoms with Crippen LogP contribution in [0.2, 0.25) is 0 Å². The number of primary sulfonamides is 1. The molecule has 0 unspecified atom stereocenters. The first kappa shape index (κ1) is 20.1. The van der Waals surface area contributed by atoms with Crippen LogP contribution in [0.1, 0.15) is 5.69 Å². The monoisotopic (exact) mass is 523 g/mol. The van der Waals surface area contributed by atoms with E-state index in [-0.39, 0.29) is 16.3 Å². The largest absolute Gasteiger partial charge is 0.435 e. The van der Waals surface area contributed by atoms with Gasteiger partial charge in [0, 0.05) is 14.5 Å². The van der Waals surface area contributed by atoms with Gasteiger partial charge in [-0.2, -0.15) is 18.3 Å². The SMILES string of the molecule is NS(=O)(=O)c1ccccc1-n1nc(C(F)(F)F)cc1-c1cc(Br)ccc1Br. The topological polar surface area (TPSA) is 78.0 Å². The summed E-state index contributed by atoms with van der Waals surface area (Å²) >= 11 is 6.58. The molecule has 142 valence electrons. The van der Waals surface area contributed by atoms with Crippen LogP contribution in [0.4, 0.5) is 13.2 Å². The maximum absolute atomic E-state index is 13.3. The Morgan fingerprint density at radius 2 is 1.70 bits per heavy atom. The van der Waals surface area contributed by atoms with E-state index in [0.717, 1.165) is 10.7 Å². The van der Waals surface area contributed by atoms with Crippen LogP contribution in [0.5, 0.6) is 0 Å². The molecule has 3 aromatic rings. The minimum absolute atomic E-state index is 0.0478. The first-order valence-electron chi connectivity index (χ1n) is 7.23. The average molecular weight is 525 g/mol. The quantitative estimate of drug-likeness (QED) is 0.538. The fourth-order valence-corrected chi connectivity index (χ4v) is 3.99. The van der Waals surface area contributed by atoms with E-state index in [4.69, 9.17) is 5.14 Å². The van der Waals surface area contributed by atoms with Crippen molar-refractivity contribution in [3.63, 3.8) is 0 Å². The van der Waals surface area contributed by atoms with E-state index in [2.05, 4.69) is 37.0 Å². The number of sulfonamides is 1. The van der Waals surface area contributed by atoms with Crippen LogP contribution in [-0.4, -0.2) is 18.2 Å². The fraction of sp³-hybridized carbons (Fsp3) is 0.0625. The Morgan fingerprint density at radius 3 is 2.33 bits per heavy atom. The van der Waals surface area contributed by atoms with Gasteiger partial charge in [-0.05, 0) is 36.4 Å². The molecule has 0 radical (unpaired) electrons. The average Bonchev–Trinajstić information content (AvgIpc) is 3.01. The predicted molar refractivity (Wildman–Crippen MR) is 101 cm³/mol. The maximum atomic E-state index is 13.3. The molecule has 11 heteroatoms. The molecule has 5 nitrogen and oxygen atoms in total. The zero-order valence-electron chi connectivity index (χ0n) is 13.2. The normalized spacial score (nSPS) is 12.4. The Bertz CT molecular complexity index is 1130. The molecule has 0 saturated heterocycles. The van der Waals surface area contributed by atoms with Crippen LogP contribution in [-0.2, 0) is 16.2 Å². The molecule has 2 aromatic carbocycles. The van der Waals surface area contributed by atoms with Crippen molar-refractivity contribution in [2.75, 3.05) is 0 Å². The van der Waals surface area contributed by atoms with Crippen LogP contribution in [0, 0.1) is 0 Å². The molecular weight excluding hydrogens is 515 g/mol. The smallest absolute Gasteiger partial charge is 0.231 e. The molecule has 0 amide bonds. The van der Waals surface area contributed by atoms with Gasteiger partial charge in [0.2, 0.25) is 10.0 Å². The summed E-state index contributed by atoms with van der Waals surface area (Å²) in [6.07, 6.45) is -4.71. The number of nitrogens with two attached hydrogens (primary N) is 1. The first-order valence-corrected chi connectivity index (χ1v) is 10.4. The second-order valence-electron chi connectivity index (χ2n) is 5.46. The number of hydrogen-bond acceptors (Lipinski definition) is 3. The Kier molecular flexibility index (Phi) is 5.23. The molecule has 1 heterocycles. The predicted octanol–water partition coefficient (Wildman–Crippen LogP) is 4.73. The third-order valence-electron chi connectivity index (χ3n) is 3.60. The number of rotatable bonds is 3. The molecule has 0 aliphatic heterocycles. The molecular formula is C16H10Br2F3N3O2S. The third kappa shape index (κ3) is 4.10. The fourth-order valence-electron chi connectivity index (χ4n) is 2.46. The molecule has 0 spiro atoms. The summed E-state index contributed by atoms with van der Waals surface area (Å²) in [5, 5.41) is 8.83. The van der Waals surface area contributed by atoms with Gasteiger partial charge < -0.3 is 0 Å². The van der Waals surface area contributed by atoms with Crippen LogP contribution in [0.15, 0.2) is 62.4 Å². The van der Waals surface area contributed by atoms with E-state index in [9.17, 15) is 21.6 Å². The summed E-state index contributed by atoms with van der Waals surface area (Å²) in [6, 6.07) is 11.3. The summed E-state index contributed by atoms with van der Waals surface area (Å²) in [5.41, 5.74) is -0.811. The third-order valence-corrected chi connectivity index (χ3v) is 5.75. The second-order valence-corrected chi connectivity index (χ2v) is 8.76. The summed E-state index contributed by atoms with van der Waals surface area (Å²) < 4.78 is 65.7. The maximum Gasteiger partial charge on any atom is 0.435 e. The van der Waals surface area contributed by atoms with Gasteiger partial charge >= 0.3 is 6.18 Å². The van der Waals surface area contributed by atoms with Gasteiger partial charge in [-0.1, -0.05) is 44.0 Å². The molecule has 1 aromatic heterocycles. The van der Waals surface area contributed by atoms with Crippen molar-refractivity contribution in [2.45, 2.75) is 11.1 Å². The molecule has 0 atom stereocenters. The first-order chi connectivity index (χ1) is 12.5. The number of hydrogen-bond donors (Lipinski definition) is 1. The highest BCUT2D eigenvalue weighted by atomic mass is 79.9. The molecule has 2 N–H and O–H groups in total. The van der Waals surface area contributed by atoms with Crippen LogP contribution < -0.4 is 5.14 Å². The Balaban J connectivity index is 2.38. The highest BCUT2D eigenvalue weighted by Gasteiger charge is 2.36. The van der Waals surface area contributed by atoms with Crippen LogP contribution >= 0.6 is 31.9 Å². The molecule has 0 aliphatic carbocycles. The number of para-hydroxylation sites is 1. The number of nitrogens with zero attached hydrogens (tertiary/aromatic N) is 2. The lowest BCUT2D eigenvalue weighted by Crippen LogP contribution is -2.16. The van der Waals surface area contributed by atoms with E-state index in [0.29, 0.717) is 14.5 Å². The van der Waals surface area contributed by atoms with Crippen molar-refractivity contribution in [1.29, 1.82) is 0 Å². The van der Waals surface area contributed by atoms with Crippen molar-refractivity contribution in [3.05, 3.63) is 63.2 Å². The van der Waals surface area contributed by atoms with Gasteiger partial charge in [0.05, 0.1) is 11.4 Å². The zero-order chi connectivity index (χ0) is 20.0. The minimum Gasteiger partial charge on any atom is -0.231 e. The second kappa shape index (κ2) is 7.04. The van der Waals surface area contributed by atoms with E-state index >= 15 is 0 Å². The van der Waals surface area contributed by atoms with Gasteiger partial charge in [-0.15, -0.1) is 0 Å². The lowest BCUT2D eigenvalue weighted by molar-refractivity contribution is -0.141. The van der Waals surface area contributed by atoms with Crippen molar-refractivity contribution < 1.29 is 21.6 Å². The number of aromatic nitrogens is 2. The molecule has 0 aliphatic rings. The number of benzene rings is 2. The summed E-state index contributed by atoms with van der Waals surface area (Å²) in [6.45, 7) is 0. The van der Waals surface area contributed by atoms with Crippen molar-refractivity contribution >= 4 is 41.9 Å². The van der Waals surface area contributed by atoms with Crippen molar-refractivity contribution in [2.24, 2.45) is 5.14 Å². The molecule has 3 rings (SSSR count). The summed E-state index contributed by atoms with van der Waals surface area (Å²) in [5.74, 6) is 0. The lowest BCUT2D eigenvalue weighted by atomic mass is 10.1. The van der Waals surface area contributed by atoms with Gasteiger partial charge in [-0.3, -0.25) is 0 Å². The van der Waals surface area contributed by atoms with E-state index in [1.54, 1.807) is 18.2 Å². The van der Waals surface area contributed by atoms with Gasteiger partial charge in [-0.25, -0.2) is 18.2 Å². The van der Waals surface area contributed by atoms with Crippen LogP contribution in [0.3, 0.4) is 0 Å². The van der Waals surface area contributed by atoms with Crippen LogP contribution in [0.25, 0.3) is 16.9 Å². The van der Waals surface area contributed by atoms with E-state index in [1.807, 2.05) is 0 Å². The van der Waals surface area contributed by atoms with Gasteiger partial charge in [0.25, 0.3) is 0 Å². The standard InChI is InChI=1S/C16H10Br2F3N3O2S/c17-9-5-6-11(18)10(7-9)13-8-15(16(19,20)21)23-24(13)12-3-1-2-4-14(12)27(22,25)26/h1-8H,(H2,22,25,26). The van der Waals surface area contributed by atoms with E-state index in [1.165, 1.54) is 24.3 Å². The Morgan fingerprint density at radius 1 is 1.04 bits per heavy atom. The molecule has 0 bridgehead atoms.